The Morgan fingerprint density at radius 2 is 2.37 bits per heavy atom. The van der Waals surface area contributed by atoms with Crippen molar-refractivity contribution >= 4 is 11.3 Å². The Hall–Kier alpha value is -1.26. The fourth-order valence-corrected chi connectivity index (χ4v) is 3.77. The van der Waals surface area contributed by atoms with Crippen LogP contribution < -0.4 is 5.32 Å². The van der Waals surface area contributed by atoms with Crippen molar-refractivity contribution in [1.29, 1.82) is 0 Å². The summed E-state index contributed by atoms with van der Waals surface area (Å²) in [6, 6.07) is 5.39. The summed E-state index contributed by atoms with van der Waals surface area (Å²) in [5.41, 5.74) is 1.62. The summed E-state index contributed by atoms with van der Waals surface area (Å²) in [5.74, 6) is -0.0887. The quantitative estimate of drug-likeness (QED) is 0.925. The first kappa shape index (κ1) is 12.8. The van der Waals surface area contributed by atoms with Gasteiger partial charge < -0.3 is 5.32 Å². The second-order valence-corrected chi connectivity index (χ2v) is 5.83. The molecule has 1 aliphatic carbocycles. The highest BCUT2D eigenvalue weighted by Crippen LogP contribution is 2.43. The molecule has 1 unspecified atom stereocenters. The summed E-state index contributed by atoms with van der Waals surface area (Å²) in [7, 11) is 0. The summed E-state index contributed by atoms with van der Waals surface area (Å²) in [6.07, 6.45) is 4.54. The zero-order chi connectivity index (χ0) is 13.3. The standard InChI is InChI=1S/C15H17FN2S/c1-2-8-18-15(14-17-9-10-19-14)7-6-11-12(15)4-3-5-13(11)16/h3-5,9-10,18H,2,6-8H2,1H3. The average Bonchev–Trinajstić information content (AvgIpc) is 3.05. The third-order valence-electron chi connectivity index (χ3n) is 3.80. The molecular weight excluding hydrogens is 259 g/mol. The Bertz CT molecular complexity index is 568. The molecule has 1 N–H and O–H groups in total. The van der Waals surface area contributed by atoms with Gasteiger partial charge in [0.2, 0.25) is 0 Å². The molecule has 2 nitrogen and oxygen atoms in total. The fourth-order valence-electron chi connectivity index (χ4n) is 2.91. The lowest BCUT2D eigenvalue weighted by Crippen LogP contribution is -2.42. The maximum Gasteiger partial charge on any atom is 0.126 e. The van der Waals surface area contributed by atoms with E-state index in [1.165, 1.54) is 0 Å². The molecule has 0 radical (unpaired) electrons. The minimum absolute atomic E-state index is 0.0887. The van der Waals surface area contributed by atoms with Crippen molar-refractivity contribution in [1.82, 2.24) is 10.3 Å². The second kappa shape index (κ2) is 5.02. The van der Waals surface area contributed by atoms with Gasteiger partial charge in [-0.25, -0.2) is 9.37 Å². The van der Waals surface area contributed by atoms with Gasteiger partial charge in [0, 0.05) is 11.6 Å². The van der Waals surface area contributed by atoms with Gasteiger partial charge in [0.15, 0.2) is 0 Å². The van der Waals surface area contributed by atoms with Gasteiger partial charge in [0.25, 0.3) is 0 Å². The zero-order valence-electron chi connectivity index (χ0n) is 10.9. The van der Waals surface area contributed by atoms with Gasteiger partial charge in [-0.1, -0.05) is 19.1 Å². The molecule has 1 heterocycles. The average molecular weight is 276 g/mol. The SMILES string of the molecule is CCCNC1(c2nccs2)CCc2c(F)cccc21. The Morgan fingerprint density at radius 3 is 3.11 bits per heavy atom. The molecule has 0 spiro atoms. The number of aromatic nitrogens is 1. The van der Waals surface area contributed by atoms with Crippen molar-refractivity contribution in [3.63, 3.8) is 0 Å². The number of hydrogen-bond donors (Lipinski definition) is 1. The van der Waals surface area contributed by atoms with Gasteiger partial charge in [0.05, 0.1) is 5.54 Å². The number of rotatable bonds is 4. The topological polar surface area (TPSA) is 24.9 Å². The number of thiazole rings is 1. The van der Waals surface area contributed by atoms with Crippen LogP contribution in [0.4, 0.5) is 4.39 Å². The third-order valence-corrected chi connectivity index (χ3v) is 4.74. The second-order valence-electron chi connectivity index (χ2n) is 4.94. The highest BCUT2D eigenvalue weighted by atomic mass is 32.1. The van der Waals surface area contributed by atoms with E-state index in [-0.39, 0.29) is 11.4 Å². The van der Waals surface area contributed by atoms with Crippen molar-refractivity contribution in [2.45, 2.75) is 31.7 Å². The molecule has 0 aliphatic heterocycles. The van der Waals surface area contributed by atoms with Crippen LogP contribution in [0, 0.1) is 5.82 Å². The van der Waals surface area contributed by atoms with E-state index in [2.05, 4.69) is 17.2 Å². The lowest BCUT2D eigenvalue weighted by Gasteiger charge is -2.29. The van der Waals surface area contributed by atoms with Gasteiger partial charge in [-0.3, -0.25) is 0 Å². The van der Waals surface area contributed by atoms with Crippen LogP contribution in [0.15, 0.2) is 29.8 Å². The first-order chi connectivity index (χ1) is 9.28. The molecule has 0 saturated carbocycles. The van der Waals surface area contributed by atoms with Crippen molar-refractivity contribution in [2.24, 2.45) is 0 Å². The van der Waals surface area contributed by atoms with E-state index in [9.17, 15) is 4.39 Å². The highest BCUT2D eigenvalue weighted by Gasteiger charge is 2.42. The number of halogens is 1. The van der Waals surface area contributed by atoms with E-state index < -0.39 is 0 Å². The van der Waals surface area contributed by atoms with Gasteiger partial charge >= 0.3 is 0 Å². The molecule has 100 valence electrons. The normalized spacial score (nSPS) is 21.6. The summed E-state index contributed by atoms with van der Waals surface area (Å²) in [5, 5.41) is 6.65. The number of nitrogens with one attached hydrogen (secondary N) is 1. The van der Waals surface area contributed by atoms with Crippen molar-refractivity contribution in [3.05, 3.63) is 51.7 Å². The summed E-state index contributed by atoms with van der Waals surface area (Å²) >= 11 is 1.64. The third kappa shape index (κ3) is 1.99. The molecule has 0 saturated heterocycles. The van der Waals surface area contributed by atoms with Gasteiger partial charge in [-0.2, -0.15) is 0 Å². The Balaban J connectivity index is 2.11. The fraction of sp³-hybridized carbons (Fsp3) is 0.400. The van der Waals surface area contributed by atoms with Crippen molar-refractivity contribution in [2.75, 3.05) is 6.54 Å². The molecule has 2 aromatic rings. The summed E-state index contributed by atoms with van der Waals surface area (Å²) in [6.45, 7) is 3.06. The van der Waals surface area contributed by atoms with Gasteiger partial charge in [0.1, 0.15) is 10.8 Å². The lowest BCUT2D eigenvalue weighted by molar-refractivity contribution is 0.397. The van der Waals surface area contributed by atoms with Crippen LogP contribution >= 0.6 is 11.3 Å². The van der Waals surface area contributed by atoms with Gasteiger partial charge in [-0.15, -0.1) is 11.3 Å². The predicted molar refractivity (Wildman–Crippen MR) is 75.9 cm³/mol. The summed E-state index contributed by atoms with van der Waals surface area (Å²) in [4.78, 5) is 4.49. The van der Waals surface area contributed by atoms with Crippen LogP contribution in [0.3, 0.4) is 0 Å². The molecule has 1 aromatic carbocycles. The number of nitrogens with zero attached hydrogens (tertiary/aromatic N) is 1. The van der Waals surface area contributed by atoms with Crippen LogP contribution in [0.2, 0.25) is 0 Å². The molecule has 1 aromatic heterocycles. The Morgan fingerprint density at radius 1 is 1.47 bits per heavy atom. The maximum atomic E-state index is 14.0. The lowest BCUT2D eigenvalue weighted by atomic mass is 9.92. The van der Waals surface area contributed by atoms with Gasteiger partial charge in [-0.05, 0) is 43.0 Å². The predicted octanol–water partition coefficient (Wildman–Crippen LogP) is 3.47. The largest absolute Gasteiger partial charge is 0.302 e. The Labute approximate surface area is 116 Å². The molecule has 0 bridgehead atoms. The van der Waals surface area contributed by atoms with Crippen LogP contribution in [0.25, 0.3) is 0 Å². The van der Waals surface area contributed by atoms with Crippen LogP contribution in [-0.4, -0.2) is 11.5 Å². The molecule has 1 aliphatic rings. The Kier molecular flexibility index (Phi) is 3.37. The zero-order valence-corrected chi connectivity index (χ0v) is 11.8. The highest BCUT2D eigenvalue weighted by molar-refractivity contribution is 7.09. The van der Waals surface area contributed by atoms with E-state index in [1.807, 2.05) is 17.6 Å². The smallest absolute Gasteiger partial charge is 0.126 e. The van der Waals surface area contributed by atoms with E-state index in [4.69, 9.17) is 0 Å². The molecular formula is C15H17FN2S. The minimum Gasteiger partial charge on any atom is -0.302 e. The first-order valence-corrected chi connectivity index (χ1v) is 7.59. The molecule has 4 heteroatoms. The maximum absolute atomic E-state index is 14.0. The molecule has 0 amide bonds. The molecule has 19 heavy (non-hydrogen) atoms. The van der Waals surface area contributed by atoms with E-state index in [1.54, 1.807) is 23.5 Å². The molecule has 3 rings (SSSR count). The minimum atomic E-state index is -0.290. The van der Waals surface area contributed by atoms with Crippen LogP contribution in [0.5, 0.6) is 0 Å². The van der Waals surface area contributed by atoms with E-state index in [0.717, 1.165) is 41.9 Å². The number of fused-ring (bicyclic) bond motifs is 1. The summed E-state index contributed by atoms with van der Waals surface area (Å²) < 4.78 is 14.0. The monoisotopic (exact) mass is 276 g/mol. The van der Waals surface area contributed by atoms with Crippen LogP contribution in [-0.2, 0) is 12.0 Å². The van der Waals surface area contributed by atoms with E-state index in [0.29, 0.717) is 0 Å². The van der Waals surface area contributed by atoms with Crippen molar-refractivity contribution in [3.8, 4) is 0 Å². The van der Waals surface area contributed by atoms with Crippen LogP contribution in [0.1, 0.15) is 35.9 Å². The molecule has 1 atom stereocenters. The first-order valence-electron chi connectivity index (χ1n) is 6.71. The number of benzene rings is 1. The van der Waals surface area contributed by atoms with E-state index >= 15 is 0 Å². The molecule has 0 fully saturated rings. The number of hydrogen-bond acceptors (Lipinski definition) is 3. The van der Waals surface area contributed by atoms with Crippen molar-refractivity contribution < 1.29 is 4.39 Å².